The quantitative estimate of drug-likeness (QED) is 0.887. The number of hydrogen-bond donors (Lipinski definition) is 1. The first-order chi connectivity index (χ1) is 8.78. The molecule has 0 bridgehead atoms. The smallest absolute Gasteiger partial charge is 0.224 e. The molecule has 4 nitrogen and oxygen atoms in total. The number of amides is 1. The molecule has 1 aliphatic heterocycles. The summed E-state index contributed by atoms with van der Waals surface area (Å²) in [5.74, 6) is 0.462. The van der Waals surface area contributed by atoms with Gasteiger partial charge in [-0.1, -0.05) is 0 Å². The van der Waals surface area contributed by atoms with E-state index in [1.54, 1.807) is 24.3 Å². The van der Waals surface area contributed by atoms with E-state index in [1.807, 2.05) is 6.07 Å². The first-order valence-electron chi connectivity index (χ1n) is 6.15. The van der Waals surface area contributed by atoms with Gasteiger partial charge in [-0.25, -0.2) is 0 Å². The van der Waals surface area contributed by atoms with E-state index in [0.717, 1.165) is 31.7 Å². The number of carbonyl (C=O) groups is 1. The molecule has 0 aromatic heterocycles. The Bertz CT molecular complexity index is 442. The third-order valence-corrected chi connectivity index (χ3v) is 3.11. The van der Waals surface area contributed by atoms with Gasteiger partial charge < -0.3 is 10.1 Å². The first kappa shape index (κ1) is 12.6. The second-order valence-corrected chi connectivity index (χ2v) is 4.50. The third-order valence-electron chi connectivity index (χ3n) is 3.11. The molecule has 1 N–H and O–H groups in total. The van der Waals surface area contributed by atoms with Crippen molar-refractivity contribution < 1.29 is 9.53 Å². The number of rotatable bonds is 3. The molecule has 0 radical (unpaired) electrons. The van der Waals surface area contributed by atoms with Crippen molar-refractivity contribution in [1.82, 2.24) is 0 Å². The molecule has 1 saturated heterocycles. The number of nitriles is 1. The second-order valence-electron chi connectivity index (χ2n) is 4.50. The number of ether oxygens (including phenoxy) is 1. The Morgan fingerprint density at radius 1 is 1.33 bits per heavy atom. The van der Waals surface area contributed by atoms with Crippen LogP contribution in [-0.4, -0.2) is 19.1 Å². The molecule has 1 aromatic carbocycles. The van der Waals surface area contributed by atoms with E-state index in [1.165, 1.54) is 0 Å². The topological polar surface area (TPSA) is 62.1 Å². The molecular formula is C14H16N2O2. The van der Waals surface area contributed by atoms with Crippen molar-refractivity contribution in [2.75, 3.05) is 18.5 Å². The van der Waals surface area contributed by atoms with Crippen LogP contribution in [0, 0.1) is 17.2 Å². The molecule has 18 heavy (non-hydrogen) atoms. The van der Waals surface area contributed by atoms with Crippen LogP contribution in [0.2, 0.25) is 0 Å². The summed E-state index contributed by atoms with van der Waals surface area (Å²) in [6, 6.07) is 8.94. The summed E-state index contributed by atoms with van der Waals surface area (Å²) < 4.78 is 5.26. The highest BCUT2D eigenvalue weighted by molar-refractivity contribution is 5.90. The molecule has 1 fully saturated rings. The lowest BCUT2D eigenvalue weighted by Crippen LogP contribution is -2.22. The van der Waals surface area contributed by atoms with Crippen molar-refractivity contribution in [3.05, 3.63) is 29.8 Å². The van der Waals surface area contributed by atoms with E-state index in [2.05, 4.69) is 5.32 Å². The van der Waals surface area contributed by atoms with Gasteiger partial charge in [-0.2, -0.15) is 5.26 Å². The van der Waals surface area contributed by atoms with Crippen LogP contribution in [0.3, 0.4) is 0 Å². The molecule has 94 valence electrons. The Labute approximate surface area is 107 Å². The Hall–Kier alpha value is -1.86. The SMILES string of the molecule is N#Cc1ccc(NC(=O)CC2CCOCC2)cc1. The Balaban J connectivity index is 1.84. The van der Waals surface area contributed by atoms with Gasteiger partial charge in [0.1, 0.15) is 0 Å². The molecule has 1 heterocycles. The number of carbonyl (C=O) groups excluding carboxylic acids is 1. The van der Waals surface area contributed by atoms with Crippen molar-refractivity contribution >= 4 is 11.6 Å². The van der Waals surface area contributed by atoms with E-state index in [9.17, 15) is 4.79 Å². The van der Waals surface area contributed by atoms with Gasteiger partial charge in [0.05, 0.1) is 11.6 Å². The maximum absolute atomic E-state index is 11.8. The number of anilines is 1. The zero-order valence-corrected chi connectivity index (χ0v) is 10.2. The van der Waals surface area contributed by atoms with Crippen LogP contribution in [0.5, 0.6) is 0 Å². The molecule has 1 aliphatic rings. The highest BCUT2D eigenvalue weighted by Crippen LogP contribution is 2.19. The van der Waals surface area contributed by atoms with Crippen LogP contribution in [0.1, 0.15) is 24.8 Å². The fraction of sp³-hybridized carbons (Fsp3) is 0.429. The molecule has 0 spiro atoms. The Morgan fingerprint density at radius 2 is 2.00 bits per heavy atom. The third kappa shape index (κ3) is 3.57. The Kier molecular flexibility index (Phi) is 4.32. The normalized spacial score (nSPS) is 15.9. The minimum atomic E-state index is 0.0339. The van der Waals surface area contributed by atoms with Crippen LogP contribution >= 0.6 is 0 Å². The van der Waals surface area contributed by atoms with Gasteiger partial charge in [0.15, 0.2) is 0 Å². The van der Waals surface area contributed by atoms with Gasteiger partial charge in [0.25, 0.3) is 0 Å². The molecule has 4 heteroatoms. The fourth-order valence-electron chi connectivity index (χ4n) is 2.05. The monoisotopic (exact) mass is 244 g/mol. The van der Waals surface area contributed by atoms with E-state index in [0.29, 0.717) is 17.9 Å². The van der Waals surface area contributed by atoms with Crippen LogP contribution in [-0.2, 0) is 9.53 Å². The van der Waals surface area contributed by atoms with Crippen LogP contribution < -0.4 is 5.32 Å². The average molecular weight is 244 g/mol. The lowest BCUT2D eigenvalue weighted by atomic mass is 9.96. The largest absolute Gasteiger partial charge is 0.381 e. The summed E-state index contributed by atoms with van der Waals surface area (Å²) in [6.07, 6.45) is 2.46. The standard InChI is InChI=1S/C14H16N2O2/c15-10-12-1-3-13(4-2-12)16-14(17)9-11-5-7-18-8-6-11/h1-4,11H,5-9H2,(H,16,17). The molecule has 1 aromatic rings. The van der Waals surface area contributed by atoms with Crippen molar-refractivity contribution in [3.63, 3.8) is 0 Å². The lowest BCUT2D eigenvalue weighted by Gasteiger charge is -2.21. The van der Waals surface area contributed by atoms with Crippen LogP contribution in [0.25, 0.3) is 0 Å². The second kappa shape index (κ2) is 6.18. The van der Waals surface area contributed by atoms with Gasteiger partial charge >= 0.3 is 0 Å². The lowest BCUT2D eigenvalue weighted by molar-refractivity contribution is -0.117. The average Bonchev–Trinajstić information content (AvgIpc) is 2.40. The zero-order chi connectivity index (χ0) is 12.8. The summed E-state index contributed by atoms with van der Waals surface area (Å²) >= 11 is 0. The predicted molar refractivity (Wildman–Crippen MR) is 67.9 cm³/mol. The summed E-state index contributed by atoms with van der Waals surface area (Å²) in [4.78, 5) is 11.8. The van der Waals surface area contributed by atoms with Gasteiger partial charge in [-0.15, -0.1) is 0 Å². The first-order valence-corrected chi connectivity index (χ1v) is 6.15. The van der Waals surface area contributed by atoms with E-state index in [-0.39, 0.29) is 5.91 Å². The molecule has 1 amide bonds. The van der Waals surface area contributed by atoms with E-state index in [4.69, 9.17) is 10.00 Å². The summed E-state index contributed by atoms with van der Waals surface area (Å²) in [5, 5.41) is 11.5. The van der Waals surface area contributed by atoms with E-state index < -0.39 is 0 Å². The summed E-state index contributed by atoms with van der Waals surface area (Å²) in [7, 11) is 0. The van der Waals surface area contributed by atoms with Crippen LogP contribution in [0.4, 0.5) is 5.69 Å². The minimum absolute atomic E-state index is 0.0339. The van der Waals surface area contributed by atoms with Gasteiger partial charge in [-0.3, -0.25) is 4.79 Å². The summed E-state index contributed by atoms with van der Waals surface area (Å²) in [5.41, 5.74) is 1.34. The summed E-state index contributed by atoms with van der Waals surface area (Å²) in [6.45, 7) is 1.52. The van der Waals surface area contributed by atoms with Gasteiger partial charge in [-0.05, 0) is 43.0 Å². The minimum Gasteiger partial charge on any atom is -0.381 e. The molecule has 0 unspecified atom stereocenters. The number of benzene rings is 1. The maximum Gasteiger partial charge on any atom is 0.224 e. The molecular weight excluding hydrogens is 228 g/mol. The van der Waals surface area contributed by atoms with Crippen molar-refractivity contribution in [2.45, 2.75) is 19.3 Å². The number of hydrogen-bond acceptors (Lipinski definition) is 3. The van der Waals surface area contributed by atoms with Crippen molar-refractivity contribution in [3.8, 4) is 6.07 Å². The number of nitrogens with one attached hydrogen (secondary N) is 1. The van der Waals surface area contributed by atoms with Crippen molar-refractivity contribution in [2.24, 2.45) is 5.92 Å². The molecule has 0 saturated carbocycles. The molecule has 0 aliphatic carbocycles. The highest BCUT2D eigenvalue weighted by Gasteiger charge is 2.17. The fourth-order valence-corrected chi connectivity index (χ4v) is 2.05. The van der Waals surface area contributed by atoms with Crippen LogP contribution in [0.15, 0.2) is 24.3 Å². The Morgan fingerprint density at radius 3 is 2.61 bits per heavy atom. The predicted octanol–water partition coefficient (Wildman–Crippen LogP) is 2.31. The number of nitrogens with zero attached hydrogens (tertiary/aromatic N) is 1. The molecule has 0 atom stereocenters. The zero-order valence-electron chi connectivity index (χ0n) is 10.2. The molecule has 2 rings (SSSR count). The van der Waals surface area contributed by atoms with Gasteiger partial charge in [0.2, 0.25) is 5.91 Å². The maximum atomic E-state index is 11.8. The highest BCUT2D eigenvalue weighted by atomic mass is 16.5. The van der Waals surface area contributed by atoms with E-state index >= 15 is 0 Å². The van der Waals surface area contributed by atoms with Gasteiger partial charge in [0, 0.05) is 25.3 Å². The van der Waals surface area contributed by atoms with Crippen molar-refractivity contribution in [1.29, 1.82) is 5.26 Å².